The average Bonchev–Trinajstić information content (AvgIpc) is 3.23. The molecule has 4 fully saturated rings. The van der Waals surface area contributed by atoms with Gasteiger partial charge >= 0.3 is 0 Å². The Bertz CT molecular complexity index is 780. The standard InChI is InChI=1S/C34H56OS/c1-4-5-6-7-8-12-15-26-17-19-30-29-18-16-27-24-28(36-32(35)25-13-10-9-11-14-25)20-22-34(27,3)31(29)21-23-33(26,30)2/h16,25-26,28-31H,4-15,17-24H2,1-3H3/t26-,28+,29-,30+,31-,33-,34+/m1/s1. The summed E-state index contributed by atoms with van der Waals surface area (Å²) in [5, 5.41) is 1.09. The molecule has 0 N–H and O–H groups in total. The van der Waals surface area contributed by atoms with Crippen LogP contribution >= 0.6 is 11.8 Å². The summed E-state index contributed by atoms with van der Waals surface area (Å²) < 4.78 is 0. The maximum absolute atomic E-state index is 13.0. The largest absolute Gasteiger partial charge is 0.287 e. The van der Waals surface area contributed by atoms with Crippen molar-refractivity contribution in [1.29, 1.82) is 0 Å². The Morgan fingerprint density at radius 1 is 0.889 bits per heavy atom. The number of allylic oxidation sites excluding steroid dienone is 2. The van der Waals surface area contributed by atoms with E-state index < -0.39 is 0 Å². The quantitative estimate of drug-likeness (QED) is 0.226. The monoisotopic (exact) mass is 512 g/mol. The molecule has 0 amide bonds. The fourth-order valence-corrected chi connectivity index (χ4v) is 11.3. The molecule has 2 heteroatoms. The Morgan fingerprint density at radius 3 is 2.47 bits per heavy atom. The number of hydrogen-bond donors (Lipinski definition) is 0. The van der Waals surface area contributed by atoms with Gasteiger partial charge in [-0.15, -0.1) is 0 Å². The van der Waals surface area contributed by atoms with Crippen LogP contribution in [0, 0.1) is 40.4 Å². The molecule has 0 aromatic heterocycles. The van der Waals surface area contributed by atoms with E-state index in [1.807, 2.05) is 0 Å². The van der Waals surface area contributed by atoms with E-state index in [4.69, 9.17) is 0 Å². The van der Waals surface area contributed by atoms with Gasteiger partial charge in [-0.05, 0) is 105 Å². The molecular weight excluding hydrogens is 456 g/mol. The van der Waals surface area contributed by atoms with Gasteiger partial charge < -0.3 is 0 Å². The van der Waals surface area contributed by atoms with Crippen LogP contribution in [0.4, 0.5) is 0 Å². The Labute approximate surface area is 227 Å². The molecule has 5 rings (SSSR count). The maximum Gasteiger partial charge on any atom is 0.192 e. The first-order chi connectivity index (χ1) is 17.5. The lowest BCUT2D eigenvalue weighted by molar-refractivity contribution is -0.115. The molecule has 204 valence electrons. The van der Waals surface area contributed by atoms with Crippen LogP contribution in [0.2, 0.25) is 0 Å². The van der Waals surface area contributed by atoms with Crippen molar-refractivity contribution in [2.75, 3.05) is 0 Å². The van der Waals surface area contributed by atoms with Crippen molar-refractivity contribution in [2.45, 2.75) is 154 Å². The predicted molar refractivity (Wildman–Crippen MR) is 156 cm³/mol. The lowest BCUT2D eigenvalue weighted by atomic mass is 9.47. The SMILES string of the molecule is CCCCCCCC[C@@H]1CC[C@H]2[C@H]3CC=C4C[C@@H](SC(=O)C5CCCCC5)CC[C@]4(C)[C@@H]3CC[C@]12C. The van der Waals surface area contributed by atoms with Crippen molar-refractivity contribution in [3.8, 4) is 0 Å². The number of carbonyl (C=O) groups is 1. The molecule has 36 heavy (non-hydrogen) atoms. The molecule has 0 radical (unpaired) electrons. The van der Waals surface area contributed by atoms with Gasteiger partial charge in [0.25, 0.3) is 0 Å². The molecule has 7 atom stereocenters. The normalized spacial score (nSPS) is 40.8. The third-order valence-electron chi connectivity index (χ3n) is 12.4. The van der Waals surface area contributed by atoms with Crippen LogP contribution in [-0.2, 0) is 4.79 Å². The Hall–Kier alpha value is -0.240. The lowest BCUT2D eigenvalue weighted by Gasteiger charge is -2.58. The van der Waals surface area contributed by atoms with Gasteiger partial charge in [0.15, 0.2) is 5.12 Å². The Balaban J connectivity index is 1.18. The number of unbranched alkanes of at least 4 members (excludes halogenated alkanes) is 5. The first-order valence-electron chi connectivity index (χ1n) is 16.4. The highest BCUT2D eigenvalue weighted by molar-refractivity contribution is 8.14. The zero-order valence-electron chi connectivity index (χ0n) is 24.0. The second-order valence-corrected chi connectivity index (χ2v) is 15.6. The number of hydrogen-bond acceptors (Lipinski definition) is 2. The summed E-state index contributed by atoms with van der Waals surface area (Å²) in [5.74, 6) is 4.16. The van der Waals surface area contributed by atoms with Gasteiger partial charge in [-0.2, -0.15) is 0 Å². The number of thioether (sulfide) groups is 1. The molecule has 0 aliphatic heterocycles. The fourth-order valence-electron chi connectivity index (χ4n) is 10.1. The predicted octanol–water partition coefficient (Wildman–Crippen LogP) is 10.5. The van der Waals surface area contributed by atoms with Crippen LogP contribution in [0.25, 0.3) is 0 Å². The van der Waals surface area contributed by atoms with Gasteiger partial charge in [-0.3, -0.25) is 4.79 Å². The number of carbonyl (C=O) groups excluding carboxylic acids is 1. The second-order valence-electron chi connectivity index (χ2n) is 14.3. The van der Waals surface area contributed by atoms with E-state index in [0.717, 1.165) is 36.5 Å². The minimum absolute atomic E-state index is 0.365. The Kier molecular flexibility index (Phi) is 9.02. The fraction of sp³-hybridized carbons (Fsp3) is 0.912. The number of rotatable bonds is 9. The molecule has 0 unspecified atom stereocenters. The topological polar surface area (TPSA) is 17.1 Å². The smallest absolute Gasteiger partial charge is 0.192 e. The average molecular weight is 513 g/mol. The van der Waals surface area contributed by atoms with Crippen molar-refractivity contribution >= 4 is 16.9 Å². The van der Waals surface area contributed by atoms with Crippen molar-refractivity contribution in [3.05, 3.63) is 11.6 Å². The van der Waals surface area contributed by atoms with E-state index in [-0.39, 0.29) is 0 Å². The highest BCUT2D eigenvalue weighted by atomic mass is 32.2. The summed E-state index contributed by atoms with van der Waals surface area (Å²) in [6.45, 7) is 7.68. The van der Waals surface area contributed by atoms with Gasteiger partial charge in [0.2, 0.25) is 0 Å². The number of fused-ring (bicyclic) bond motifs is 5. The zero-order chi connectivity index (χ0) is 25.2. The molecule has 0 aromatic carbocycles. The molecule has 4 saturated carbocycles. The van der Waals surface area contributed by atoms with Crippen LogP contribution in [-0.4, -0.2) is 10.4 Å². The minimum atomic E-state index is 0.365. The highest BCUT2D eigenvalue weighted by Gasteiger charge is 2.58. The van der Waals surface area contributed by atoms with Gasteiger partial charge in [0.05, 0.1) is 0 Å². The molecular formula is C34H56OS. The zero-order valence-corrected chi connectivity index (χ0v) is 24.8. The summed E-state index contributed by atoms with van der Waals surface area (Å²) in [6.07, 6.45) is 30.2. The summed E-state index contributed by atoms with van der Waals surface area (Å²) in [5.41, 5.74) is 2.80. The summed E-state index contributed by atoms with van der Waals surface area (Å²) in [4.78, 5) is 13.0. The third kappa shape index (κ3) is 5.42. The molecule has 0 aromatic rings. The summed E-state index contributed by atoms with van der Waals surface area (Å²) >= 11 is 1.76. The van der Waals surface area contributed by atoms with Crippen LogP contribution in [0.5, 0.6) is 0 Å². The van der Waals surface area contributed by atoms with Crippen molar-refractivity contribution in [3.63, 3.8) is 0 Å². The van der Waals surface area contributed by atoms with Crippen LogP contribution < -0.4 is 0 Å². The Morgan fingerprint density at radius 2 is 1.67 bits per heavy atom. The van der Waals surface area contributed by atoms with Crippen molar-refractivity contribution in [1.82, 2.24) is 0 Å². The van der Waals surface area contributed by atoms with Crippen molar-refractivity contribution < 1.29 is 4.79 Å². The molecule has 0 heterocycles. The van der Waals surface area contributed by atoms with Gasteiger partial charge in [0.1, 0.15) is 0 Å². The summed E-state index contributed by atoms with van der Waals surface area (Å²) in [6, 6.07) is 0. The molecule has 0 spiro atoms. The maximum atomic E-state index is 13.0. The van der Waals surface area contributed by atoms with E-state index in [1.165, 1.54) is 116 Å². The van der Waals surface area contributed by atoms with Gasteiger partial charge in [-0.25, -0.2) is 0 Å². The first-order valence-corrected chi connectivity index (χ1v) is 17.2. The van der Waals surface area contributed by atoms with Gasteiger partial charge in [0, 0.05) is 11.2 Å². The third-order valence-corrected chi connectivity index (χ3v) is 13.7. The van der Waals surface area contributed by atoms with E-state index in [0.29, 0.717) is 27.1 Å². The molecule has 1 nitrogen and oxygen atoms in total. The van der Waals surface area contributed by atoms with Crippen LogP contribution in [0.1, 0.15) is 149 Å². The van der Waals surface area contributed by atoms with Crippen molar-refractivity contribution in [2.24, 2.45) is 40.4 Å². The second kappa shape index (κ2) is 11.9. The molecule has 0 bridgehead atoms. The van der Waals surface area contributed by atoms with Crippen LogP contribution in [0.3, 0.4) is 0 Å². The lowest BCUT2D eigenvalue weighted by Crippen LogP contribution is -2.50. The van der Waals surface area contributed by atoms with E-state index in [1.54, 1.807) is 17.3 Å². The minimum Gasteiger partial charge on any atom is -0.287 e. The van der Waals surface area contributed by atoms with E-state index in [9.17, 15) is 4.79 Å². The summed E-state index contributed by atoms with van der Waals surface area (Å²) in [7, 11) is 0. The van der Waals surface area contributed by atoms with E-state index in [2.05, 4.69) is 26.8 Å². The van der Waals surface area contributed by atoms with Crippen LogP contribution in [0.15, 0.2) is 11.6 Å². The highest BCUT2D eigenvalue weighted by Crippen LogP contribution is 2.67. The molecule has 0 saturated heterocycles. The first kappa shape index (κ1) is 27.3. The molecule has 5 aliphatic carbocycles. The van der Waals surface area contributed by atoms with Gasteiger partial charge in [-0.1, -0.05) is 102 Å². The van der Waals surface area contributed by atoms with E-state index >= 15 is 0 Å². The molecule has 5 aliphatic rings.